The molecule has 0 aromatic carbocycles. The summed E-state index contributed by atoms with van der Waals surface area (Å²) in [5, 5.41) is 0. The van der Waals surface area contributed by atoms with Crippen molar-refractivity contribution in [2.45, 2.75) is 6.54 Å². The van der Waals surface area contributed by atoms with Gasteiger partial charge in [-0.25, -0.2) is 9.59 Å². The Labute approximate surface area is 109 Å². The summed E-state index contributed by atoms with van der Waals surface area (Å²) < 4.78 is 10.7. The van der Waals surface area contributed by atoms with E-state index in [1.54, 1.807) is 22.9 Å². The second kappa shape index (κ2) is 7.00. The van der Waals surface area contributed by atoms with Crippen LogP contribution in [0, 0.1) is 0 Å². The molecule has 1 aromatic rings. The Hall–Kier alpha value is -2.57. The predicted octanol–water partition coefficient (Wildman–Crippen LogP) is -0.141. The van der Waals surface area contributed by atoms with Crippen LogP contribution in [-0.4, -0.2) is 36.1 Å². The van der Waals surface area contributed by atoms with Crippen LogP contribution in [-0.2, 0) is 25.6 Å². The second-order valence-corrected chi connectivity index (χ2v) is 3.48. The van der Waals surface area contributed by atoms with Gasteiger partial charge in [0.25, 0.3) is 5.91 Å². The molecule has 0 radical (unpaired) electrons. The fraction of sp³-hybridized carbons (Fsp3) is 0.250. The molecule has 0 saturated heterocycles. The molecule has 1 amide bonds. The van der Waals surface area contributed by atoms with Crippen LogP contribution >= 0.6 is 0 Å². The lowest BCUT2D eigenvalue weighted by molar-refractivity contribution is -0.139. The number of hydrogen-bond acceptors (Lipinski definition) is 5. The van der Waals surface area contributed by atoms with Crippen molar-refractivity contribution < 1.29 is 23.9 Å². The van der Waals surface area contributed by atoms with Crippen LogP contribution in [0.15, 0.2) is 30.5 Å². The zero-order valence-electron chi connectivity index (χ0n) is 10.4. The molecule has 102 valence electrons. The first-order chi connectivity index (χ1) is 9.04. The van der Waals surface area contributed by atoms with Crippen LogP contribution in [0.5, 0.6) is 0 Å². The van der Waals surface area contributed by atoms with E-state index in [4.69, 9.17) is 10.5 Å². The van der Waals surface area contributed by atoms with Crippen LogP contribution in [0.1, 0.15) is 10.5 Å². The maximum Gasteiger partial charge on any atom is 0.331 e. The van der Waals surface area contributed by atoms with E-state index >= 15 is 0 Å². The Morgan fingerprint density at radius 1 is 1.32 bits per heavy atom. The summed E-state index contributed by atoms with van der Waals surface area (Å²) in [6.45, 7) is 0.350. The molecule has 1 heterocycles. The standard InChI is InChI=1S/C12H14N2O5/c1-18-10(15)4-5-11(16)19-8-7-14-6-2-3-9(14)12(13)17/h2-6H,7-8H2,1H3,(H2,13,17)/b5-4+. The summed E-state index contributed by atoms with van der Waals surface area (Å²) in [6, 6.07) is 3.24. The van der Waals surface area contributed by atoms with Gasteiger partial charge in [-0.15, -0.1) is 0 Å². The third-order valence-corrected chi connectivity index (χ3v) is 2.22. The van der Waals surface area contributed by atoms with Crippen molar-refractivity contribution >= 4 is 17.8 Å². The zero-order chi connectivity index (χ0) is 14.3. The number of ether oxygens (including phenoxy) is 2. The number of methoxy groups -OCH3 is 1. The second-order valence-electron chi connectivity index (χ2n) is 3.48. The highest BCUT2D eigenvalue weighted by Crippen LogP contribution is 2.01. The minimum absolute atomic E-state index is 0.0549. The van der Waals surface area contributed by atoms with Gasteiger partial charge in [0.2, 0.25) is 0 Å². The van der Waals surface area contributed by atoms with Crippen LogP contribution in [0.25, 0.3) is 0 Å². The third kappa shape index (κ3) is 4.66. The van der Waals surface area contributed by atoms with Crippen LogP contribution in [0.4, 0.5) is 0 Å². The zero-order valence-corrected chi connectivity index (χ0v) is 10.4. The lowest BCUT2D eigenvalue weighted by Crippen LogP contribution is -2.18. The topological polar surface area (TPSA) is 101 Å². The maximum atomic E-state index is 11.2. The smallest absolute Gasteiger partial charge is 0.331 e. The van der Waals surface area contributed by atoms with E-state index in [0.717, 1.165) is 12.2 Å². The Balaban J connectivity index is 2.40. The van der Waals surface area contributed by atoms with Crippen molar-refractivity contribution in [3.05, 3.63) is 36.2 Å². The highest BCUT2D eigenvalue weighted by atomic mass is 16.5. The van der Waals surface area contributed by atoms with Crippen molar-refractivity contribution in [3.8, 4) is 0 Å². The first-order valence-corrected chi connectivity index (χ1v) is 5.42. The number of amides is 1. The molecule has 7 nitrogen and oxygen atoms in total. The summed E-state index contributed by atoms with van der Waals surface area (Å²) in [7, 11) is 1.20. The maximum absolute atomic E-state index is 11.2. The lowest BCUT2D eigenvalue weighted by Gasteiger charge is -2.06. The lowest BCUT2D eigenvalue weighted by atomic mass is 10.4. The van der Waals surface area contributed by atoms with E-state index in [-0.39, 0.29) is 6.61 Å². The highest BCUT2D eigenvalue weighted by Gasteiger charge is 2.06. The molecule has 0 spiro atoms. The fourth-order valence-corrected chi connectivity index (χ4v) is 1.33. The number of rotatable bonds is 6. The number of primary amides is 1. The van der Waals surface area contributed by atoms with Gasteiger partial charge in [0.1, 0.15) is 12.3 Å². The van der Waals surface area contributed by atoms with Gasteiger partial charge < -0.3 is 19.8 Å². The Morgan fingerprint density at radius 2 is 2.00 bits per heavy atom. The molecule has 1 rings (SSSR count). The number of carbonyl (C=O) groups is 3. The molecule has 19 heavy (non-hydrogen) atoms. The number of aromatic nitrogens is 1. The van der Waals surface area contributed by atoms with E-state index in [1.165, 1.54) is 7.11 Å². The summed E-state index contributed by atoms with van der Waals surface area (Å²) in [5.41, 5.74) is 5.49. The molecule has 0 aliphatic heterocycles. The number of nitrogens with zero attached hydrogens (tertiary/aromatic N) is 1. The third-order valence-electron chi connectivity index (χ3n) is 2.22. The average molecular weight is 266 g/mol. The number of esters is 2. The predicted molar refractivity (Wildman–Crippen MR) is 65.1 cm³/mol. The molecule has 0 aliphatic rings. The van der Waals surface area contributed by atoms with Gasteiger partial charge >= 0.3 is 11.9 Å². The van der Waals surface area contributed by atoms with E-state index < -0.39 is 17.8 Å². The Bertz CT molecular complexity index is 504. The van der Waals surface area contributed by atoms with Gasteiger partial charge in [-0.05, 0) is 12.1 Å². The molecule has 0 saturated carbocycles. The van der Waals surface area contributed by atoms with Crippen molar-refractivity contribution in [3.63, 3.8) is 0 Å². The van der Waals surface area contributed by atoms with Crippen LogP contribution in [0.3, 0.4) is 0 Å². The molecule has 0 fully saturated rings. The van der Waals surface area contributed by atoms with Crippen LogP contribution in [0.2, 0.25) is 0 Å². The summed E-state index contributed by atoms with van der Waals surface area (Å²) in [6.07, 6.45) is 3.58. The normalized spacial score (nSPS) is 10.4. The van der Waals surface area contributed by atoms with Crippen LogP contribution < -0.4 is 5.73 Å². The summed E-state index contributed by atoms with van der Waals surface area (Å²) in [4.78, 5) is 32.9. The first-order valence-electron chi connectivity index (χ1n) is 5.42. The molecule has 7 heteroatoms. The fourth-order valence-electron chi connectivity index (χ4n) is 1.33. The Morgan fingerprint density at radius 3 is 2.63 bits per heavy atom. The van der Waals surface area contributed by atoms with Gasteiger partial charge in [-0.3, -0.25) is 4.79 Å². The van der Waals surface area contributed by atoms with Gasteiger partial charge in [0, 0.05) is 18.3 Å². The van der Waals surface area contributed by atoms with Crippen molar-refractivity contribution in [1.82, 2.24) is 4.57 Å². The number of nitrogens with two attached hydrogens (primary N) is 1. The van der Waals surface area contributed by atoms with E-state index in [2.05, 4.69) is 4.74 Å². The molecule has 0 unspecified atom stereocenters. The first kappa shape index (κ1) is 14.5. The Kier molecular flexibility index (Phi) is 5.34. The highest BCUT2D eigenvalue weighted by molar-refractivity contribution is 5.92. The van der Waals surface area contributed by atoms with Crippen molar-refractivity contribution in [2.75, 3.05) is 13.7 Å². The summed E-state index contributed by atoms with van der Waals surface area (Å²) in [5.74, 6) is -1.86. The van der Waals surface area contributed by atoms with Gasteiger partial charge in [-0.2, -0.15) is 0 Å². The summed E-state index contributed by atoms with van der Waals surface area (Å²) >= 11 is 0. The molecule has 2 N–H and O–H groups in total. The minimum Gasteiger partial charge on any atom is -0.466 e. The SMILES string of the molecule is COC(=O)/C=C/C(=O)OCCn1cccc1C(N)=O. The molecule has 0 atom stereocenters. The van der Waals surface area contributed by atoms with Gasteiger partial charge in [-0.1, -0.05) is 0 Å². The van der Waals surface area contributed by atoms with Crippen molar-refractivity contribution in [1.29, 1.82) is 0 Å². The number of hydrogen-bond donors (Lipinski definition) is 1. The average Bonchev–Trinajstić information content (AvgIpc) is 2.84. The molecule has 1 aromatic heterocycles. The molecular formula is C12H14N2O5. The van der Waals surface area contributed by atoms with E-state index in [9.17, 15) is 14.4 Å². The largest absolute Gasteiger partial charge is 0.466 e. The van der Waals surface area contributed by atoms with Gasteiger partial charge in [0.05, 0.1) is 13.7 Å². The van der Waals surface area contributed by atoms with E-state index in [1.807, 2.05) is 0 Å². The monoisotopic (exact) mass is 266 g/mol. The van der Waals surface area contributed by atoms with Gasteiger partial charge in [0.15, 0.2) is 0 Å². The molecule has 0 bridgehead atoms. The van der Waals surface area contributed by atoms with E-state index in [0.29, 0.717) is 12.2 Å². The molecular weight excluding hydrogens is 252 g/mol. The number of carbonyl (C=O) groups excluding carboxylic acids is 3. The quantitative estimate of drug-likeness (QED) is 0.570. The molecule has 0 aliphatic carbocycles. The van der Waals surface area contributed by atoms with Crippen molar-refractivity contribution in [2.24, 2.45) is 5.73 Å². The minimum atomic E-state index is -0.668.